The summed E-state index contributed by atoms with van der Waals surface area (Å²) in [6.45, 7) is 0.338. The van der Waals surface area contributed by atoms with Crippen LogP contribution in [0.5, 0.6) is 0 Å². The quantitative estimate of drug-likeness (QED) is 0.646. The van der Waals surface area contributed by atoms with Crippen molar-refractivity contribution in [3.63, 3.8) is 0 Å². The number of hydrazine groups is 1. The Kier molecular flexibility index (Phi) is 4.79. The molecule has 0 unspecified atom stereocenters. The second-order valence-corrected chi connectivity index (χ2v) is 4.80. The van der Waals surface area contributed by atoms with Crippen LogP contribution in [0.1, 0.15) is 5.56 Å². The lowest BCUT2D eigenvalue weighted by Gasteiger charge is -2.10. The molecule has 20 heavy (non-hydrogen) atoms. The minimum Gasteiger partial charge on any atom is -0.321 e. The Labute approximate surface area is 125 Å². The van der Waals surface area contributed by atoms with Gasteiger partial charge in [-0.1, -0.05) is 41.4 Å². The van der Waals surface area contributed by atoms with Gasteiger partial charge in [0.2, 0.25) is 0 Å². The summed E-state index contributed by atoms with van der Waals surface area (Å²) in [5.74, 6) is 0. The first kappa shape index (κ1) is 14.6. The number of anilines is 1. The number of para-hydroxylation sites is 1. The molecule has 0 bridgehead atoms. The summed E-state index contributed by atoms with van der Waals surface area (Å²) in [5.41, 5.74) is 7.31. The number of nitro groups is 1. The van der Waals surface area contributed by atoms with Crippen molar-refractivity contribution in [2.75, 3.05) is 5.43 Å². The zero-order valence-corrected chi connectivity index (χ0v) is 11.8. The first-order valence-corrected chi connectivity index (χ1v) is 6.50. The van der Waals surface area contributed by atoms with Crippen molar-refractivity contribution >= 4 is 34.6 Å². The highest BCUT2D eigenvalue weighted by Crippen LogP contribution is 2.30. The van der Waals surface area contributed by atoms with E-state index in [0.717, 1.165) is 5.69 Å². The maximum absolute atomic E-state index is 10.7. The van der Waals surface area contributed by atoms with Gasteiger partial charge in [0.1, 0.15) is 0 Å². The fourth-order valence-corrected chi connectivity index (χ4v) is 2.23. The van der Waals surface area contributed by atoms with E-state index >= 15 is 0 Å². The van der Waals surface area contributed by atoms with Gasteiger partial charge in [0, 0.05) is 29.9 Å². The van der Waals surface area contributed by atoms with Crippen LogP contribution in [-0.2, 0) is 6.54 Å². The smallest absolute Gasteiger partial charge is 0.272 e. The largest absolute Gasteiger partial charge is 0.321 e. The SMILES string of the molecule is O=[N+]([O-])c1cc(Cl)c(CNNc2ccccc2)c(Cl)c1. The Morgan fingerprint density at radius 1 is 1.10 bits per heavy atom. The molecular formula is C13H11Cl2N3O2. The lowest BCUT2D eigenvalue weighted by atomic mass is 10.2. The van der Waals surface area contributed by atoms with Gasteiger partial charge in [0.15, 0.2) is 0 Å². The van der Waals surface area contributed by atoms with Crippen LogP contribution in [0.2, 0.25) is 10.0 Å². The number of hydrogen-bond acceptors (Lipinski definition) is 4. The number of nitro benzene ring substituents is 1. The molecule has 0 aliphatic carbocycles. The number of nitrogens with one attached hydrogen (secondary N) is 2. The van der Waals surface area contributed by atoms with Gasteiger partial charge >= 0.3 is 0 Å². The fourth-order valence-electron chi connectivity index (χ4n) is 1.62. The molecule has 0 aromatic heterocycles. The summed E-state index contributed by atoms with van der Waals surface area (Å²) >= 11 is 12.0. The maximum Gasteiger partial charge on any atom is 0.272 e. The van der Waals surface area contributed by atoms with Crippen molar-refractivity contribution in [1.82, 2.24) is 5.43 Å². The van der Waals surface area contributed by atoms with E-state index in [1.807, 2.05) is 30.3 Å². The van der Waals surface area contributed by atoms with Crippen LogP contribution >= 0.6 is 23.2 Å². The summed E-state index contributed by atoms with van der Waals surface area (Å²) in [6, 6.07) is 12.1. The second-order valence-electron chi connectivity index (χ2n) is 3.99. The summed E-state index contributed by atoms with van der Waals surface area (Å²) < 4.78 is 0. The minimum absolute atomic E-state index is 0.125. The molecule has 0 fully saturated rings. The van der Waals surface area contributed by atoms with E-state index < -0.39 is 4.92 Å². The Bertz CT molecular complexity index is 597. The van der Waals surface area contributed by atoms with E-state index in [0.29, 0.717) is 12.1 Å². The third-order valence-corrected chi connectivity index (χ3v) is 3.28. The van der Waals surface area contributed by atoms with Gasteiger partial charge in [0.05, 0.1) is 15.0 Å². The minimum atomic E-state index is -0.531. The Balaban J connectivity index is 2.05. The van der Waals surface area contributed by atoms with E-state index in [9.17, 15) is 10.1 Å². The van der Waals surface area contributed by atoms with Crippen molar-refractivity contribution in [2.24, 2.45) is 0 Å². The topological polar surface area (TPSA) is 67.2 Å². The van der Waals surface area contributed by atoms with Crippen LogP contribution in [-0.4, -0.2) is 4.92 Å². The molecular weight excluding hydrogens is 301 g/mol. The molecule has 0 amide bonds. The molecule has 2 rings (SSSR count). The summed E-state index contributed by atoms with van der Waals surface area (Å²) in [6.07, 6.45) is 0. The average molecular weight is 312 g/mol. The number of halogens is 2. The first-order valence-electron chi connectivity index (χ1n) is 5.74. The normalized spacial score (nSPS) is 10.3. The predicted molar refractivity (Wildman–Crippen MR) is 80.0 cm³/mol. The van der Waals surface area contributed by atoms with Gasteiger partial charge < -0.3 is 5.43 Å². The Morgan fingerprint density at radius 3 is 2.25 bits per heavy atom. The number of benzene rings is 2. The zero-order valence-electron chi connectivity index (χ0n) is 10.3. The highest BCUT2D eigenvalue weighted by Gasteiger charge is 2.14. The highest BCUT2D eigenvalue weighted by atomic mass is 35.5. The molecule has 104 valence electrons. The maximum atomic E-state index is 10.7. The molecule has 0 saturated carbocycles. The molecule has 0 radical (unpaired) electrons. The Hall–Kier alpha value is -1.82. The van der Waals surface area contributed by atoms with Crippen molar-refractivity contribution in [1.29, 1.82) is 0 Å². The molecule has 0 saturated heterocycles. The van der Waals surface area contributed by atoms with E-state index in [2.05, 4.69) is 10.9 Å². The van der Waals surface area contributed by atoms with Crippen molar-refractivity contribution in [2.45, 2.75) is 6.54 Å². The standard InChI is InChI=1S/C13H11Cl2N3O2/c14-12-6-10(18(19)20)7-13(15)11(12)8-16-17-9-4-2-1-3-5-9/h1-7,16-17H,8H2. The second kappa shape index (κ2) is 6.56. The highest BCUT2D eigenvalue weighted by molar-refractivity contribution is 6.36. The number of non-ortho nitro benzene ring substituents is 1. The van der Waals surface area contributed by atoms with Crippen molar-refractivity contribution in [3.05, 3.63) is 68.2 Å². The van der Waals surface area contributed by atoms with Gasteiger partial charge in [-0.3, -0.25) is 10.1 Å². The molecule has 5 nitrogen and oxygen atoms in total. The lowest BCUT2D eigenvalue weighted by molar-refractivity contribution is -0.384. The fraction of sp³-hybridized carbons (Fsp3) is 0.0769. The van der Waals surface area contributed by atoms with Gasteiger partial charge in [-0.25, -0.2) is 5.43 Å². The van der Waals surface area contributed by atoms with Gasteiger partial charge in [-0.05, 0) is 12.1 Å². The molecule has 0 aliphatic heterocycles. The zero-order chi connectivity index (χ0) is 14.5. The lowest BCUT2D eigenvalue weighted by Crippen LogP contribution is -2.21. The van der Waals surface area contributed by atoms with E-state index in [1.54, 1.807) is 0 Å². The molecule has 0 atom stereocenters. The van der Waals surface area contributed by atoms with E-state index in [-0.39, 0.29) is 15.7 Å². The van der Waals surface area contributed by atoms with Crippen LogP contribution in [0.25, 0.3) is 0 Å². The predicted octanol–water partition coefficient (Wildman–Crippen LogP) is 4.02. The molecule has 2 N–H and O–H groups in total. The molecule has 2 aromatic rings. The number of nitrogens with zero attached hydrogens (tertiary/aromatic N) is 1. The molecule has 2 aromatic carbocycles. The summed E-state index contributed by atoms with van der Waals surface area (Å²) in [7, 11) is 0. The van der Waals surface area contributed by atoms with Crippen molar-refractivity contribution in [3.8, 4) is 0 Å². The van der Waals surface area contributed by atoms with Gasteiger partial charge in [-0.15, -0.1) is 0 Å². The average Bonchev–Trinajstić information content (AvgIpc) is 2.42. The van der Waals surface area contributed by atoms with E-state index in [4.69, 9.17) is 23.2 Å². The van der Waals surface area contributed by atoms with Crippen LogP contribution < -0.4 is 10.9 Å². The summed E-state index contributed by atoms with van der Waals surface area (Å²) in [4.78, 5) is 10.1. The van der Waals surface area contributed by atoms with Gasteiger partial charge in [-0.2, -0.15) is 0 Å². The molecule has 7 heteroatoms. The first-order chi connectivity index (χ1) is 9.58. The summed E-state index contributed by atoms with van der Waals surface area (Å²) in [5, 5.41) is 11.2. The number of hydrogen-bond donors (Lipinski definition) is 2. The third-order valence-electron chi connectivity index (χ3n) is 2.61. The van der Waals surface area contributed by atoms with Crippen LogP contribution in [0.4, 0.5) is 11.4 Å². The van der Waals surface area contributed by atoms with Crippen LogP contribution in [0.3, 0.4) is 0 Å². The Morgan fingerprint density at radius 2 is 1.70 bits per heavy atom. The molecule has 0 heterocycles. The van der Waals surface area contributed by atoms with Gasteiger partial charge in [0.25, 0.3) is 5.69 Å². The molecule has 0 spiro atoms. The van der Waals surface area contributed by atoms with Crippen molar-refractivity contribution < 1.29 is 4.92 Å². The third kappa shape index (κ3) is 3.60. The van der Waals surface area contributed by atoms with Crippen LogP contribution in [0, 0.1) is 10.1 Å². The van der Waals surface area contributed by atoms with Crippen LogP contribution in [0.15, 0.2) is 42.5 Å². The van der Waals surface area contributed by atoms with E-state index in [1.165, 1.54) is 12.1 Å². The number of rotatable bonds is 5. The molecule has 0 aliphatic rings. The monoisotopic (exact) mass is 311 g/mol.